The average molecular weight is 203 g/mol. The number of nitrogens with zero attached hydrogens (tertiary/aromatic N) is 2. The Hall–Kier alpha value is -0.860. The van der Waals surface area contributed by atoms with Crippen LogP contribution >= 0.6 is 0 Å². The molecule has 4 aliphatic carbocycles. The van der Waals surface area contributed by atoms with Gasteiger partial charge in [-0.15, -0.1) is 5.10 Å². The summed E-state index contributed by atoms with van der Waals surface area (Å²) >= 11 is 0. The van der Waals surface area contributed by atoms with Crippen molar-refractivity contribution in [2.75, 3.05) is 0 Å². The van der Waals surface area contributed by atoms with Gasteiger partial charge in [0, 0.05) is 11.6 Å². The molecule has 1 N–H and O–H groups in total. The third-order valence-corrected chi connectivity index (χ3v) is 5.00. The van der Waals surface area contributed by atoms with E-state index in [2.05, 4.69) is 15.4 Å². The number of H-pyrrole nitrogens is 1. The molecule has 4 aliphatic rings. The van der Waals surface area contributed by atoms with Crippen LogP contribution in [-0.4, -0.2) is 15.4 Å². The predicted molar refractivity (Wildman–Crippen MR) is 56.2 cm³/mol. The normalized spacial score (nSPS) is 47.3. The van der Waals surface area contributed by atoms with Crippen LogP contribution < -0.4 is 0 Å². The standard InChI is InChI=1S/C12H17N3/c1-8-2-10-3-9(1)5-12(4-8,6-10)11-7-13-15-14-11/h7-10H,1-6H2,(H,13,14,15). The van der Waals surface area contributed by atoms with Crippen molar-refractivity contribution in [3.63, 3.8) is 0 Å². The van der Waals surface area contributed by atoms with Crippen LogP contribution in [0.5, 0.6) is 0 Å². The summed E-state index contributed by atoms with van der Waals surface area (Å²) in [6.45, 7) is 0. The molecule has 1 aromatic heterocycles. The van der Waals surface area contributed by atoms with E-state index in [-0.39, 0.29) is 0 Å². The van der Waals surface area contributed by atoms with Crippen LogP contribution in [0.25, 0.3) is 0 Å². The summed E-state index contributed by atoms with van der Waals surface area (Å²) in [4.78, 5) is 0. The van der Waals surface area contributed by atoms with Gasteiger partial charge >= 0.3 is 0 Å². The molecule has 0 aromatic carbocycles. The third kappa shape index (κ3) is 1.06. The zero-order chi connectivity index (χ0) is 9.88. The Morgan fingerprint density at radius 2 is 1.67 bits per heavy atom. The molecule has 0 spiro atoms. The minimum Gasteiger partial charge on any atom is -0.265 e. The number of aromatic nitrogens is 3. The van der Waals surface area contributed by atoms with E-state index in [0.29, 0.717) is 5.41 Å². The molecular weight excluding hydrogens is 186 g/mol. The smallest absolute Gasteiger partial charge is 0.0886 e. The predicted octanol–water partition coefficient (Wildman–Crippen LogP) is 2.27. The first kappa shape index (κ1) is 8.31. The van der Waals surface area contributed by atoms with Gasteiger partial charge in [0.15, 0.2) is 0 Å². The Labute approximate surface area is 89.6 Å². The Balaban J connectivity index is 1.77. The lowest BCUT2D eigenvalue weighted by atomic mass is 9.49. The van der Waals surface area contributed by atoms with Crippen LogP contribution in [0, 0.1) is 17.8 Å². The summed E-state index contributed by atoms with van der Waals surface area (Å²) < 4.78 is 0. The molecule has 0 radical (unpaired) electrons. The fraction of sp³-hybridized carbons (Fsp3) is 0.833. The second-order valence-corrected chi connectivity index (χ2v) is 6.06. The third-order valence-electron chi connectivity index (χ3n) is 5.00. The van der Waals surface area contributed by atoms with Crippen molar-refractivity contribution in [1.29, 1.82) is 0 Å². The molecule has 1 aromatic rings. The van der Waals surface area contributed by atoms with E-state index in [1.807, 2.05) is 6.20 Å². The van der Waals surface area contributed by atoms with E-state index >= 15 is 0 Å². The maximum Gasteiger partial charge on any atom is 0.0886 e. The molecule has 0 aliphatic heterocycles. The number of hydrogen-bond donors (Lipinski definition) is 1. The van der Waals surface area contributed by atoms with Crippen molar-refractivity contribution < 1.29 is 0 Å². The van der Waals surface area contributed by atoms with Gasteiger partial charge in [0.25, 0.3) is 0 Å². The van der Waals surface area contributed by atoms with Crippen molar-refractivity contribution in [3.05, 3.63) is 11.9 Å². The fourth-order valence-corrected chi connectivity index (χ4v) is 4.89. The van der Waals surface area contributed by atoms with E-state index in [4.69, 9.17) is 0 Å². The maximum atomic E-state index is 4.30. The Morgan fingerprint density at radius 3 is 2.13 bits per heavy atom. The molecule has 0 atom stereocenters. The lowest BCUT2D eigenvalue weighted by Gasteiger charge is -2.56. The van der Waals surface area contributed by atoms with Crippen molar-refractivity contribution in [3.8, 4) is 0 Å². The van der Waals surface area contributed by atoms with Crippen LogP contribution in [0.3, 0.4) is 0 Å². The highest BCUT2D eigenvalue weighted by atomic mass is 15.3. The van der Waals surface area contributed by atoms with Gasteiger partial charge in [-0.25, -0.2) is 0 Å². The highest BCUT2D eigenvalue weighted by Crippen LogP contribution is 2.60. The van der Waals surface area contributed by atoms with Gasteiger partial charge < -0.3 is 0 Å². The van der Waals surface area contributed by atoms with E-state index in [1.165, 1.54) is 44.2 Å². The number of aromatic amines is 1. The highest BCUT2D eigenvalue weighted by molar-refractivity contribution is 5.19. The number of rotatable bonds is 1. The molecule has 0 unspecified atom stereocenters. The topological polar surface area (TPSA) is 41.6 Å². The molecular formula is C12H17N3. The number of hydrogen-bond acceptors (Lipinski definition) is 2. The molecule has 0 saturated heterocycles. The average Bonchev–Trinajstić information content (AvgIpc) is 2.67. The fourth-order valence-electron chi connectivity index (χ4n) is 4.89. The minimum absolute atomic E-state index is 0.418. The molecule has 3 nitrogen and oxygen atoms in total. The van der Waals surface area contributed by atoms with Crippen molar-refractivity contribution >= 4 is 0 Å². The maximum absolute atomic E-state index is 4.30. The highest BCUT2D eigenvalue weighted by Gasteiger charge is 2.52. The van der Waals surface area contributed by atoms with Gasteiger partial charge in [-0.05, 0) is 56.3 Å². The summed E-state index contributed by atoms with van der Waals surface area (Å²) in [5.74, 6) is 2.98. The zero-order valence-corrected chi connectivity index (χ0v) is 8.95. The Morgan fingerprint density at radius 1 is 1.07 bits per heavy atom. The zero-order valence-electron chi connectivity index (χ0n) is 8.95. The van der Waals surface area contributed by atoms with Gasteiger partial charge in [-0.3, -0.25) is 5.10 Å². The summed E-state index contributed by atoms with van der Waals surface area (Å²) in [5, 5.41) is 11.1. The monoisotopic (exact) mass is 203 g/mol. The van der Waals surface area contributed by atoms with Crippen LogP contribution in [0.4, 0.5) is 0 Å². The van der Waals surface area contributed by atoms with Crippen LogP contribution in [0.1, 0.15) is 44.2 Å². The van der Waals surface area contributed by atoms with E-state index in [9.17, 15) is 0 Å². The molecule has 4 saturated carbocycles. The summed E-state index contributed by atoms with van der Waals surface area (Å²) in [6, 6.07) is 0. The van der Waals surface area contributed by atoms with Gasteiger partial charge in [-0.2, -0.15) is 0 Å². The first-order chi connectivity index (χ1) is 7.34. The summed E-state index contributed by atoms with van der Waals surface area (Å²) in [6.07, 6.45) is 10.7. The van der Waals surface area contributed by atoms with Gasteiger partial charge in [-0.1, -0.05) is 5.21 Å². The minimum atomic E-state index is 0.418. The van der Waals surface area contributed by atoms with Crippen LogP contribution in [0.2, 0.25) is 0 Å². The Bertz CT molecular complexity index is 333. The lowest BCUT2D eigenvalue weighted by molar-refractivity contribution is -0.00723. The number of nitrogens with one attached hydrogen (secondary N) is 1. The van der Waals surface area contributed by atoms with Crippen molar-refractivity contribution in [2.45, 2.75) is 43.9 Å². The molecule has 80 valence electrons. The molecule has 5 rings (SSSR count). The van der Waals surface area contributed by atoms with Crippen molar-refractivity contribution in [2.24, 2.45) is 17.8 Å². The molecule has 4 bridgehead atoms. The van der Waals surface area contributed by atoms with Gasteiger partial charge in [0.1, 0.15) is 0 Å². The van der Waals surface area contributed by atoms with E-state index < -0.39 is 0 Å². The second kappa shape index (κ2) is 2.63. The van der Waals surface area contributed by atoms with E-state index in [0.717, 1.165) is 17.8 Å². The van der Waals surface area contributed by atoms with Crippen LogP contribution in [0.15, 0.2) is 6.20 Å². The van der Waals surface area contributed by atoms with Crippen molar-refractivity contribution in [1.82, 2.24) is 15.4 Å². The first-order valence-corrected chi connectivity index (χ1v) is 6.21. The molecule has 1 heterocycles. The molecule has 15 heavy (non-hydrogen) atoms. The Kier molecular flexibility index (Phi) is 1.46. The molecule has 4 fully saturated rings. The quantitative estimate of drug-likeness (QED) is 0.760. The summed E-state index contributed by atoms with van der Waals surface area (Å²) in [7, 11) is 0. The van der Waals surface area contributed by atoms with E-state index in [1.54, 1.807) is 0 Å². The lowest BCUT2D eigenvalue weighted by Crippen LogP contribution is -2.48. The SMILES string of the molecule is c1[nH]nnc1C12CC3CC(CC(C3)C1)C2. The first-order valence-electron chi connectivity index (χ1n) is 6.21. The molecule has 0 amide bonds. The van der Waals surface area contributed by atoms with Gasteiger partial charge in [0.05, 0.1) is 5.69 Å². The second-order valence-electron chi connectivity index (χ2n) is 6.06. The van der Waals surface area contributed by atoms with Gasteiger partial charge in [0.2, 0.25) is 0 Å². The summed E-state index contributed by atoms with van der Waals surface area (Å²) in [5.41, 5.74) is 1.67. The largest absolute Gasteiger partial charge is 0.265 e. The van der Waals surface area contributed by atoms with Crippen LogP contribution in [-0.2, 0) is 5.41 Å². The molecule has 3 heteroatoms.